The first-order valence-corrected chi connectivity index (χ1v) is 12.8. The maximum absolute atomic E-state index is 12.0. The normalized spacial score (nSPS) is 11.4. The van der Waals surface area contributed by atoms with Crippen molar-refractivity contribution in [3.05, 3.63) is 97.7 Å². The first-order chi connectivity index (χ1) is 18.0. The van der Waals surface area contributed by atoms with Crippen LogP contribution in [-0.4, -0.2) is 35.7 Å². The first kappa shape index (κ1) is 26.2. The monoisotopic (exact) mass is 556 g/mol. The fourth-order valence-electron chi connectivity index (χ4n) is 3.32. The third-order valence-corrected chi connectivity index (χ3v) is 5.83. The minimum Gasteiger partial charge on any atom is -0.455 e. The Morgan fingerprint density at radius 2 is 1.74 bits per heavy atom. The molecular formula is C23H17ClN6O7S. The second-order valence-electron chi connectivity index (χ2n) is 7.78. The molecule has 0 unspecified atom stereocenters. The number of nitro benzene ring substituents is 2. The maximum atomic E-state index is 12.0. The quantitative estimate of drug-likeness (QED) is 0.119. The number of nitrogens with one attached hydrogen (secondary N) is 2. The second-order valence-corrected chi connectivity index (χ2v) is 9.89. The number of hydrogen-bond acceptors (Lipinski definition) is 10. The molecule has 3 aromatic carbocycles. The zero-order chi connectivity index (χ0) is 27.4. The van der Waals surface area contributed by atoms with E-state index in [1.54, 1.807) is 30.3 Å². The van der Waals surface area contributed by atoms with Crippen molar-refractivity contribution in [3.8, 4) is 11.5 Å². The van der Waals surface area contributed by atoms with Gasteiger partial charge in [-0.25, -0.2) is 13.4 Å². The van der Waals surface area contributed by atoms with Crippen molar-refractivity contribution in [1.82, 2.24) is 4.98 Å². The van der Waals surface area contributed by atoms with Gasteiger partial charge in [0, 0.05) is 23.1 Å². The second kappa shape index (κ2) is 10.7. The number of nitro groups is 2. The van der Waals surface area contributed by atoms with E-state index in [1.807, 2.05) is 6.07 Å². The molecule has 1 heterocycles. The van der Waals surface area contributed by atoms with Gasteiger partial charge in [0.1, 0.15) is 16.6 Å². The summed E-state index contributed by atoms with van der Waals surface area (Å²) in [6.07, 6.45) is 2.25. The number of rotatable bonds is 9. The van der Waals surface area contributed by atoms with Gasteiger partial charge in [-0.3, -0.25) is 30.4 Å². The molecule has 38 heavy (non-hydrogen) atoms. The predicted octanol–water partition coefficient (Wildman–Crippen LogP) is 5.31. The van der Waals surface area contributed by atoms with Gasteiger partial charge >= 0.3 is 5.69 Å². The van der Waals surface area contributed by atoms with Crippen molar-refractivity contribution in [2.45, 2.75) is 0 Å². The minimum absolute atomic E-state index is 0.0377. The largest absolute Gasteiger partial charge is 0.455 e. The number of para-hydroxylation sites is 1. The zero-order valence-corrected chi connectivity index (χ0v) is 20.9. The lowest BCUT2D eigenvalue weighted by atomic mass is 10.1. The lowest BCUT2D eigenvalue weighted by Crippen LogP contribution is -2.10. The van der Waals surface area contributed by atoms with Crippen molar-refractivity contribution in [3.63, 3.8) is 0 Å². The summed E-state index contributed by atoms with van der Waals surface area (Å²) in [4.78, 5) is 25.0. The average molecular weight is 557 g/mol. The lowest BCUT2D eigenvalue weighted by Gasteiger charge is -2.14. The third kappa shape index (κ3) is 6.29. The fraction of sp³-hybridized carbons (Fsp3) is 0.0435. The molecule has 0 bridgehead atoms. The Hall–Kier alpha value is -4.82. The summed E-state index contributed by atoms with van der Waals surface area (Å²) in [5, 5.41) is 26.7. The standard InChI is InChI=1S/C23H17ClN6O7S/c1-38(35,36)28-20-10-14-9-15(13-25-27-18-8-7-16(29(31)32)11-21(18)30(33)34)23(24)26-19(14)12-22(20)37-17-5-3-2-4-6-17/h2-13,27-28H,1H3/b25-13+. The van der Waals surface area contributed by atoms with Crippen LogP contribution in [0.4, 0.5) is 22.7 Å². The summed E-state index contributed by atoms with van der Waals surface area (Å²) in [5.41, 5.74) is 2.27. The summed E-state index contributed by atoms with van der Waals surface area (Å²) in [6.45, 7) is 0. The molecule has 0 radical (unpaired) electrons. The molecule has 0 saturated heterocycles. The van der Waals surface area contributed by atoms with Crippen LogP contribution in [0.2, 0.25) is 5.15 Å². The molecule has 0 fully saturated rings. The van der Waals surface area contributed by atoms with Crippen LogP contribution in [0.15, 0.2) is 71.8 Å². The number of ether oxygens (including phenoxy) is 1. The molecule has 1 aromatic heterocycles. The van der Waals surface area contributed by atoms with Crippen molar-refractivity contribution in [2.75, 3.05) is 16.4 Å². The van der Waals surface area contributed by atoms with Crippen LogP contribution in [0.3, 0.4) is 0 Å². The highest BCUT2D eigenvalue weighted by Crippen LogP contribution is 2.35. The van der Waals surface area contributed by atoms with Crippen LogP contribution < -0.4 is 14.9 Å². The van der Waals surface area contributed by atoms with Gasteiger partial charge in [0.15, 0.2) is 5.75 Å². The molecule has 194 valence electrons. The Morgan fingerprint density at radius 3 is 2.39 bits per heavy atom. The lowest BCUT2D eigenvalue weighted by molar-refractivity contribution is -0.393. The van der Waals surface area contributed by atoms with Crippen molar-refractivity contribution >= 4 is 61.5 Å². The Kier molecular flexibility index (Phi) is 7.36. The molecule has 0 aliphatic rings. The Labute approximate surface area is 220 Å². The van der Waals surface area contributed by atoms with E-state index in [0.717, 1.165) is 24.5 Å². The van der Waals surface area contributed by atoms with E-state index < -0.39 is 31.2 Å². The summed E-state index contributed by atoms with van der Waals surface area (Å²) < 4.78 is 32.2. The molecule has 0 spiro atoms. The van der Waals surface area contributed by atoms with E-state index in [0.29, 0.717) is 22.2 Å². The molecule has 4 aromatic rings. The molecule has 0 aliphatic carbocycles. The first-order valence-electron chi connectivity index (χ1n) is 10.6. The van der Waals surface area contributed by atoms with Crippen LogP contribution in [0.5, 0.6) is 11.5 Å². The van der Waals surface area contributed by atoms with Gasteiger partial charge in [-0.2, -0.15) is 5.10 Å². The molecule has 0 atom stereocenters. The Morgan fingerprint density at radius 1 is 1.00 bits per heavy atom. The maximum Gasteiger partial charge on any atom is 0.301 e. The topological polar surface area (TPSA) is 179 Å². The van der Waals surface area contributed by atoms with Gasteiger partial charge in [0.25, 0.3) is 5.69 Å². The van der Waals surface area contributed by atoms with Gasteiger partial charge < -0.3 is 4.74 Å². The van der Waals surface area contributed by atoms with Gasteiger partial charge in [-0.05, 0) is 30.3 Å². The van der Waals surface area contributed by atoms with Crippen molar-refractivity contribution in [1.29, 1.82) is 0 Å². The average Bonchev–Trinajstić information content (AvgIpc) is 2.85. The fourth-order valence-corrected chi connectivity index (χ4v) is 4.07. The van der Waals surface area contributed by atoms with E-state index >= 15 is 0 Å². The van der Waals surface area contributed by atoms with Gasteiger partial charge in [0.05, 0.1) is 39.6 Å². The highest BCUT2D eigenvalue weighted by molar-refractivity contribution is 7.92. The number of pyridine rings is 1. The van der Waals surface area contributed by atoms with Crippen molar-refractivity contribution < 1.29 is 23.0 Å². The third-order valence-electron chi connectivity index (χ3n) is 4.94. The van der Waals surface area contributed by atoms with E-state index in [2.05, 4.69) is 20.2 Å². The SMILES string of the molecule is CS(=O)(=O)Nc1cc2cc(/C=N/Nc3ccc([N+](=O)[O-])cc3[N+](=O)[O-])c(Cl)nc2cc1Oc1ccccc1. The summed E-state index contributed by atoms with van der Waals surface area (Å²) in [5.74, 6) is 0.677. The molecular weight excluding hydrogens is 540 g/mol. The number of sulfonamides is 1. The van der Waals surface area contributed by atoms with Crippen LogP contribution in [-0.2, 0) is 10.0 Å². The highest BCUT2D eigenvalue weighted by Gasteiger charge is 2.19. The molecule has 13 nitrogen and oxygen atoms in total. The number of benzene rings is 3. The minimum atomic E-state index is -3.65. The number of aromatic nitrogens is 1. The Balaban J connectivity index is 1.68. The summed E-state index contributed by atoms with van der Waals surface area (Å²) in [6, 6.07) is 16.4. The van der Waals surface area contributed by atoms with Crippen molar-refractivity contribution in [2.24, 2.45) is 5.10 Å². The molecule has 15 heteroatoms. The number of nitrogens with zero attached hydrogens (tertiary/aromatic N) is 4. The van der Waals surface area contributed by atoms with Crippen LogP contribution >= 0.6 is 11.6 Å². The van der Waals surface area contributed by atoms with Gasteiger partial charge in [0.2, 0.25) is 10.0 Å². The van der Waals surface area contributed by atoms with E-state index in [4.69, 9.17) is 16.3 Å². The van der Waals surface area contributed by atoms with Crippen LogP contribution in [0, 0.1) is 20.2 Å². The molecule has 4 rings (SSSR count). The predicted molar refractivity (Wildman–Crippen MR) is 143 cm³/mol. The highest BCUT2D eigenvalue weighted by atomic mass is 35.5. The number of non-ortho nitro benzene ring substituents is 1. The summed E-state index contributed by atoms with van der Waals surface area (Å²) in [7, 11) is -3.65. The van der Waals surface area contributed by atoms with Crippen LogP contribution in [0.1, 0.15) is 5.56 Å². The Bertz CT molecular complexity index is 1700. The number of hydrogen-bond donors (Lipinski definition) is 2. The van der Waals surface area contributed by atoms with Crippen LogP contribution in [0.25, 0.3) is 10.9 Å². The molecule has 2 N–H and O–H groups in total. The summed E-state index contributed by atoms with van der Waals surface area (Å²) >= 11 is 6.32. The number of halogens is 1. The molecule has 0 saturated carbocycles. The number of hydrazone groups is 1. The number of anilines is 2. The molecule has 0 amide bonds. The zero-order valence-electron chi connectivity index (χ0n) is 19.4. The van der Waals surface area contributed by atoms with E-state index in [1.165, 1.54) is 18.3 Å². The van der Waals surface area contributed by atoms with E-state index in [-0.39, 0.29) is 22.3 Å². The van der Waals surface area contributed by atoms with Gasteiger partial charge in [-0.1, -0.05) is 29.8 Å². The smallest absolute Gasteiger partial charge is 0.301 e. The van der Waals surface area contributed by atoms with Gasteiger partial charge in [-0.15, -0.1) is 0 Å². The number of fused-ring (bicyclic) bond motifs is 1. The molecule has 0 aliphatic heterocycles. The van der Waals surface area contributed by atoms with E-state index in [9.17, 15) is 28.6 Å².